The summed E-state index contributed by atoms with van der Waals surface area (Å²) >= 11 is 0. The van der Waals surface area contributed by atoms with Crippen molar-refractivity contribution in [2.24, 2.45) is 0 Å². The van der Waals surface area contributed by atoms with Gasteiger partial charge in [0.1, 0.15) is 0 Å². The molecule has 0 aliphatic carbocycles. The molecule has 0 aromatic carbocycles. The van der Waals surface area contributed by atoms with Gasteiger partial charge in [0.05, 0.1) is 0 Å². The van der Waals surface area contributed by atoms with Crippen molar-refractivity contribution < 1.29 is 63.5 Å². The second-order valence-corrected chi connectivity index (χ2v) is 1.13. The maximum absolute atomic E-state index is 8.49. The SMILES string of the molecule is CO.[Na+].[O-][Cl+3]([O-])([O-])[O-]. The first-order chi connectivity index (χ1) is 3.00. The van der Waals surface area contributed by atoms with E-state index in [1.165, 1.54) is 0 Å². The van der Waals surface area contributed by atoms with Crippen molar-refractivity contribution in [2.75, 3.05) is 7.11 Å². The molecule has 0 saturated carbocycles. The van der Waals surface area contributed by atoms with Crippen LogP contribution in [0.3, 0.4) is 0 Å². The van der Waals surface area contributed by atoms with Crippen LogP contribution in [0.15, 0.2) is 0 Å². The van der Waals surface area contributed by atoms with E-state index in [9.17, 15) is 0 Å². The molecule has 0 aliphatic rings. The molecule has 7 heteroatoms. The van der Waals surface area contributed by atoms with Crippen molar-refractivity contribution >= 4 is 0 Å². The molecule has 0 atom stereocenters. The summed E-state index contributed by atoms with van der Waals surface area (Å²) in [4.78, 5) is 0. The average molecular weight is 154 g/mol. The molecule has 0 heterocycles. The number of aliphatic hydroxyl groups excluding tert-OH is 1. The predicted octanol–water partition coefficient (Wildman–Crippen LogP) is -8.14. The molecule has 0 unspecified atom stereocenters. The monoisotopic (exact) mass is 154 g/mol. The Labute approximate surface area is 70.6 Å². The third-order valence-electron chi connectivity index (χ3n) is 0. The molecule has 0 amide bonds. The van der Waals surface area contributed by atoms with Gasteiger partial charge in [-0.2, -0.15) is 0 Å². The zero-order valence-corrected chi connectivity index (χ0v) is 7.21. The summed E-state index contributed by atoms with van der Waals surface area (Å²) in [7, 11) is -3.94. The van der Waals surface area contributed by atoms with Gasteiger partial charge in [-0.05, 0) is 0 Å². The smallest absolute Gasteiger partial charge is 0.400 e. The third-order valence-corrected chi connectivity index (χ3v) is 0. The normalized spacial score (nSPS) is 8.25. The molecule has 0 rings (SSSR count). The summed E-state index contributed by atoms with van der Waals surface area (Å²) in [6, 6.07) is 0. The van der Waals surface area contributed by atoms with Gasteiger partial charge >= 0.3 is 29.6 Å². The quantitative estimate of drug-likeness (QED) is 0.348. The molecule has 0 aromatic heterocycles. The largest absolute Gasteiger partial charge is 1.00 e. The van der Waals surface area contributed by atoms with E-state index in [4.69, 9.17) is 23.7 Å². The van der Waals surface area contributed by atoms with E-state index in [2.05, 4.69) is 0 Å². The summed E-state index contributed by atoms with van der Waals surface area (Å²) in [6.45, 7) is 0. The van der Waals surface area contributed by atoms with E-state index in [0.717, 1.165) is 7.11 Å². The maximum atomic E-state index is 8.49. The first-order valence-electron chi connectivity index (χ1n) is 1.06. The van der Waals surface area contributed by atoms with Crippen molar-refractivity contribution in [2.45, 2.75) is 0 Å². The van der Waals surface area contributed by atoms with Gasteiger partial charge in [0.2, 0.25) is 0 Å². The third kappa shape index (κ3) is 221. The van der Waals surface area contributed by atoms with Gasteiger partial charge in [-0.3, -0.25) is 0 Å². The summed E-state index contributed by atoms with van der Waals surface area (Å²) in [5.74, 6) is 0. The second-order valence-electron chi connectivity index (χ2n) is 0.378. The Morgan fingerprint density at radius 1 is 1.00 bits per heavy atom. The molecular formula is CH4ClNaO5. The fraction of sp³-hybridized carbons (Fsp3) is 1.00. The van der Waals surface area contributed by atoms with Gasteiger partial charge in [0, 0.05) is 7.11 Å². The molecule has 0 spiro atoms. The van der Waals surface area contributed by atoms with E-state index < -0.39 is 10.2 Å². The molecule has 0 aromatic rings. The molecule has 0 fully saturated rings. The molecule has 0 radical (unpaired) electrons. The van der Waals surface area contributed by atoms with Crippen LogP contribution < -0.4 is 48.2 Å². The van der Waals surface area contributed by atoms with Crippen LogP contribution in [-0.4, -0.2) is 12.2 Å². The number of rotatable bonds is 0. The van der Waals surface area contributed by atoms with Crippen LogP contribution in [-0.2, 0) is 0 Å². The number of aliphatic hydroxyl groups is 1. The van der Waals surface area contributed by atoms with Crippen LogP contribution >= 0.6 is 0 Å². The zero-order valence-electron chi connectivity index (χ0n) is 4.46. The van der Waals surface area contributed by atoms with Crippen molar-refractivity contribution in [3.05, 3.63) is 0 Å². The summed E-state index contributed by atoms with van der Waals surface area (Å²) in [5.41, 5.74) is 0. The number of hydrogen-bond acceptors (Lipinski definition) is 5. The van der Waals surface area contributed by atoms with Crippen molar-refractivity contribution in [3.8, 4) is 0 Å². The Morgan fingerprint density at radius 3 is 1.00 bits per heavy atom. The maximum Gasteiger partial charge on any atom is 1.00 e. The molecular weight excluding hydrogens is 150 g/mol. The minimum absolute atomic E-state index is 0. The molecule has 1 N–H and O–H groups in total. The van der Waals surface area contributed by atoms with Crippen LogP contribution in [0.25, 0.3) is 0 Å². The standard InChI is InChI=1S/CH4O.ClHO4.Na/c1-2;2-1(3,4)5;/h2H,1H3;(H,2,3,4,5);/q;;+1/p-1. The first kappa shape index (κ1) is 16.0. The van der Waals surface area contributed by atoms with Gasteiger partial charge in [-0.25, -0.2) is 18.6 Å². The van der Waals surface area contributed by atoms with Crippen LogP contribution in [0.1, 0.15) is 0 Å². The fourth-order valence-electron chi connectivity index (χ4n) is 0. The Hall–Kier alpha value is 1.09. The minimum Gasteiger partial charge on any atom is -0.400 e. The molecule has 8 heavy (non-hydrogen) atoms. The van der Waals surface area contributed by atoms with Gasteiger partial charge in [0.25, 0.3) is 0 Å². The average Bonchev–Trinajstić information content (AvgIpc) is 1.36. The van der Waals surface area contributed by atoms with Crippen LogP contribution in [0, 0.1) is 10.2 Å². The van der Waals surface area contributed by atoms with Crippen LogP contribution in [0.4, 0.5) is 0 Å². The van der Waals surface area contributed by atoms with Crippen LogP contribution in [0.5, 0.6) is 0 Å². The van der Waals surface area contributed by atoms with Gasteiger partial charge in [0.15, 0.2) is 0 Å². The second kappa shape index (κ2) is 8.09. The summed E-state index contributed by atoms with van der Waals surface area (Å²) in [5, 5.41) is 7.00. The van der Waals surface area contributed by atoms with E-state index in [1.54, 1.807) is 0 Å². The Kier molecular flexibility index (Phi) is 16.2. The van der Waals surface area contributed by atoms with Gasteiger partial charge < -0.3 is 5.11 Å². The first-order valence-corrected chi connectivity index (χ1v) is 2.30. The van der Waals surface area contributed by atoms with E-state index in [0.29, 0.717) is 0 Å². The molecule has 0 aliphatic heterocycles. The van der Waals surface area contributed by atoms with E-state index >= 15 is 0 Å². The van der Waals surface area contributed by atoms with Gasteiger partial charge in [-0.15, -0.1) is 10.2 Å². The molecule has 5 nitrogen and oxygen atoms in total. The van der Waals surface area contributed by atoms with E-state index in [1.807, 2.05) is 0 Å². The van der Waals surface area contributed by atoms with E-state index in [-0.39, 0.29) is 29.6 Å². The van der Waals surface area contributed by atoms with Crippen LogP contribution in [0.2, 0.25) is 0 Å². The molecule has 46 valence electrons. The molecule has 0 bridgehead atoms. The zero-order chi connectivity index (χ0) is 6.50. The Bertz CT molecular complexity index is 27.9. The van der Waals surface area contributed by atoms with Crippen molar-refractivity contribution in [1.82, 2.24) is 0 Å². The number of halogens is 1. The van der Waals surface area contributed by atoms with Crippen molar-refractivity contribution in [3.63, 3.8) is 0 Å². The van der Waals surface area contributed by atoms with Crippen molar-refractivity contribution in [1.29, 1.82) is 0 Å². The fourth-order valence-corrected chi connectivity index (χ4v) is 0. The summed E-state index contributed by atoms with van der Waals surface area (Å²) in [6.07, 6.45) is 0. The molecule has 0 saturated heterocycles. The summed E-state index contributed by atoms with van der Waals surface area (Å²) < 4.78 is 34.0. The topological polar surface area (TPSA) is 112 Å². The Morgan fingerprint density at radius 2 is 1.00 bits per heavy atom. The number of hydrogen-bond donors (Lipinski definition) is 1. The minimum atomic E-state index is -4.94. The predicted molar refractivity (Wildman–Crippen MR) is 8.14 cm³/mol. The Balaban J connectivity index is -0.0000000750. The van der Waals surface area contributed by atoms with Gasteiger partial charge in [-0.1, -0.05) is 0 Å².